The van der Waals surface area contributed by atoms with Crippen LogP contribution in [0.3, 0.4) is 0 Å². The highest BCUT2D eigenvalue weighted by Crippen LogP contribution is 2.28. The largest absolute Gasteiger partial charge is 0.340 e. The van der Waals surface area contributed by atoms with Crippen LogP contribution in [0.25, 0.3) is 0 Å². The molecule has 1 aromatic carbocycles. The van der Waals surface area contributed by atoms with Gasteiger partial charge in [-0.05, 0) is 29.9 Å². The van der Waals surface area contributed by atoms with Crippen LogP contribution in [0.15, 0.2) is 24.3 Å². The summed E-state index contributed by atoms with van der Waals surface area (Å²) in [6.45, 7) is 9.90. The van der Waals surface area contributed by atoms with Crippen LogP contribution in [0, 0.1) is 0 Å². The summed E-state index contributed by atoms with van der Waals surface area (Å²) in [5.74, 6) is 0.896. The molecule has 3 rings (SSSR count). The standard InChI is InChI=1S/C20H31N3O.ClH/c1-16(2)18-5-3-17(4-6-18)15-23(19-7-8-19)12-9-20(24)22-13-10-21-11-14-22;/h3-6,16,19,21H,7-15H2,1-2H3;1H. The van der Waals surface area contributed by atoms with E-state index < -0.39 is 0 Å². The summed E-state index contributed by atoms with van der Waals surface area (Å²) in [4.78, 5) is 16.9. The van der Waals surface area contributed by atoms with E-state index >= 15 is 0 Å². The second-order valence-corrected chi connectivity index (χ2v) is 7.48. The molecular weight excluding hydrogens is 334 g/mol. The van der Waals surface area contributed by atoms with Gasteiger partial charge in [-0.2, -0.15) is 0 Å². The number of benzene rings is 1. The molecule has 4 nitrogen and oxygen atoms in total. The van der Waals surface area contributed by atoms with Gasteiger partial charge in [-0.1, -0.05) is 38.1 Å². The smallest absolute Gasteiger partial charge is 0.223 e. The van der Waals surface area contributed by atoms with Gasteiger partial charge in [-0.15, -0.1) is 12.4 Å². The van der Waals surface area contributed by atoms with Crippen LogP contribution in [-0.2, 0) is 11.3 Å². The van der Waals surface area contributed by atoms with Crippen molar-refractivity contribution in [2.45, 2.75) is 51.6 Å². The summed E-state index contributed by atoms with van der Waals surface area (Å²) in [5, 5.41) is 3.30. The lowest BCUT2D eigenvalue weighted by Gasteiger charge is -2.29. The number of carbonyl (C=O) groups is 1. The molecule has 1 aliphatic carbocycles. The lowest BCUT2D eigenvalue weighted by Crippen LogP contribution is -2.47. The zero-order valence-corrected chi connectivity index (χ0v) is 16.4. The Kier molecular flexibility index (Phi) is 7.73. The number of halogens is 1. The van der Waals surface area contributed by atoms with Gasteiger partial charge in [0, 0.05) is 51.7 Å². The van der Waals surface area contributed by atoms with Crippen molar-refractivity contribution >= 4 is 18.3 Å². The topological polar surface area (TPSA) is 35.6 Å². The number of hydrogen-bond donors (Lipinski definition) is 1. The van der Waals surface area contributed by atoms with Crippen LogP contribution in [0.5, 0.6) is 0 Å². The second-order valence-electron chi connectivity index (χ2n) is 7.48. The van der Waals surface area contributed by atoms with Gasteiger partial charge in [0.2, 0.25) is 5.91 Å². The SMILES string of the molecule is CC(C)c1ccc(CN(CCC(=O)N2CCNCC2)C2CC2)cc1.Cl. The fourth-order valence-electron chi connectivity index (χ4n) is 3.38. The fourth-order valence-corrected chi connectivity index (χ4v) is 3.38. The van der Waals surface area contributed by atoms with E-state index in [0.717, 1.165) is 39.3 Å². The molecule has 1 saturated heterocycles. The van der Waals surface area contributed by atoms with E-state index in [-0.39, 0.29) is 12.4 Å². The zero-order valence-electron chi connectivity index (χ0n) is 15.5. The average Bonchev–Trinajstić information content (AvgIpc) is 3.44. The van der Waals surface area contributed by atoms with Crippen LogP contribution in [0.4, 0.5) is 0 Å². The molecule has 0 bridgehead atoms. The van der Waals surface area contributed by atoms with Crippen LogP contribution in [0.1, 0.15) is 50.2 Å². The Balaban J connectivity index is 0.00000225. The van der Waals surface area contributed by atoms with Crippen molar-refractivity contribution in [2.24, 2.45) is 0 Å². The maximum Gasteiger partial charge on any atom is 0.223 e. The van der Waals surface area contributed by atoms with E-state index in [2.05, 4.69) is 48.3 Å². The first kappa shape index (κ1) is 20.2. The Hall–Kier alpha value is -1.10. The van der Waals surface area contributed by atoms with Crippen LogP contribution >= 0.6 is 12.4 Å². The lowest BCUT2D eigenvalue weighted by molar-refractivity contribution is -0.132. The maximum atomic E-state index is 12.4. The average molecular weight is 366 g/mol. The number of amides is 1. The van der Waals surface area contributed by atoms with E-state index in [1.165, 1.54) is 24.0 Å². The Bertz CT molecular complexity index is 536. The number of hydrogen-bond acceptors (Lipinski definition) is 3. The molecule has 140 valence electrons. The van der Waals surface area contributed by atoms with Crippen LogP contribution in [-0.4, -0.2) is 54.5 Å². The molecule has 1 aliphatic heterocycles. The zero-order chi connectivity index (χ0) is 16.9. The van der Waals surface area contributed by atoms with Crippen molar-refractivity contribution in [3.05, 3.63) is 35.4 Å². The van der Waals surface area contributed by atoms with E-state index in [4.69, 9.17) is 0 Å². The molecule has 1 saturated carbocycles. The quantitative estimate of drug-likeness (QED) is 0.806. The lowest BCUT2D eigenvalue weighted by atomic mass is 10.0. The second kappa shape index (κ2) is 9.56. The predicted molar refractivity (Wildman–Crippen MR) is 105 cm³/mol. The van der Waals surface area contributed by atoms with Crippen molar-refractivity contribution in [2.75, 3.05) is 32.7 Å². The summed E-state index contributed by atoms with van der Waals surface area (Å²) >= 11 is 0. The monoisotopic (exact) mass is 365 g/mol. The molecule has 2 fully saturated rings. The predicted octanol–water partition coefficient (Wildman–Crippen LogP) is 3.02. The highest BCUT2D eigenvalue weighted by atomic mass is 35.5. The summed E-state index contributed by atoms with van der Waals surface area (Å²) in [5.41, 5.74) is 2.76. The van der Waals surface area contributed by atoms with Gasteiger partial charge in [-0.25, -0.2) is 0 Å². The first-order chi connectivity index (χ1) is 11.6. The molecule has 0 radical (unpaired) electrons. The Morgan fingerprint density at radius 2 is 1.84 bits per heavy atom. The van der Waals surface area contributed by atoms with E-state index in [9.17, 15) is 4.79 Å². The van der Waals surface area contributed by atoms with E-state index in [0.29, 0.717) is 24.3 Å². The van der Waals surface area contributed by atoms with Crippen molar-refractivity contribution in [3.8, 4) is 0 Å². The number of nitrogens with one attached hydrogen (secondary N) is 1. The third kappa shape index (κ3) is 5.98. The fraction of sp³-hybridized carbons (Fsp3) is 0.650. The summed E-state index contributed by atoms with van der Waals surface area (Å²) in [6, 6.07) is 9.69. The maximum absolute atomic E-state index is 12.4. The molecule has 5 heteroatoms. The molecule has 1 N–H and O–H groups in total. The highest BCUT2D eigenvalue weighted by Gasteiger charge is 2.29. The van der Waals surface area contributed by atoms with Gasteiger partial charge < -0.3 is 10.2 Å². The molecule has 0 aromatic heterocycles. The number of rotatable bonds is 7. The molecule has 25 heavy (non-hydrogen) atoms. The van der Waals surface area contributed by atoms with Gasteiger partial charge in [-0.3, -0.25) is 9.69 Å². The normalized spacial score (nSPS) is 17.7. The molecule has 0 atom stereocenters. The molecular formula is C20H32ClN3O. The summed E-state index contributed by atoms with van der Waals surface area (Å²) in [6.07, 6.45) is 3.22. The van der Waals surface area contributed by atoms with E-state index in [1.807, 2.05) is 4.90 Å². The number of piperazine rings is 1. The van der Waals surface area contributed by atoms with Gasteiger partial charge >= 0.3 is 0 Å². The summed E-state index contributed by atoms with van der Waals surface area (Å²) < 4.78 is 0. The van der Waals surface area contributed by atoms with Gasteiger partial charge in [0.1, 0.15) is 0 Å². The van der Waals surface area contributed by atoms with Crippen LogP contribution in [0.2, 0.25) is 0 Å². The molecule has 1 aromatic rings. The molecule has 1 amide bonds. The van der Waals surface area contributed by atoms with Gasteiger partial charge in [0.05, 0.1) is 0 Å². The Morgan fingerprint density at radius 1 is 1.20 bits per heavy atom. The van der Waals surface area contributed by atoms with Crippen LogP contribution < -0.4 is 5.32 Å². The van der Waals surface area contributed by atoms with Gasteiger partial charge in [0.15, 0.2) is 0 Å². The molecule has 2 aliphatic rings. The third-order valence-corrected chi connectivity index (χ3v) is 5.18. The van der Waals surface area contributed by atoms with E-state index in [1.54, 1.807) is 0 Å². The number of nitrogens with zero attached hydrogens (tertiary/aromatic N) is 2. The molecule has 0 unspecified atom stereocenters. The minimum Gasteiger partial charge on any atom is -0.340 e. The Labute approximate surface area is 158 Å². The molecule has 1 heterocycles. The summed E-state index contributed by atoms with van der Waals surface area (Å²) in [7, 11) is 0. The van der Waals surface area contributed by atoms with Crippen molar-refractivity contribution in [1.82, 2.24) is 15.1 Å². The minimum absolute atomic E-state index is 0. The van der Waals surface area contributed by atoms with Crippen molar-refractivity contribution in [1.29, 1.82) is 0 Å². The molecule has 0 spiro atoms. The van der Waals surface area contributed by atoms with Crippen molar-refractivity contribution in [3.63, 3.8) is 0 Å². The van der Waals surface area contributed by atoms with Crippen molar-refractivity contribution < 1.29 is 4.79 Å². The third-order valence-electron chi connectivity index (χ3n) is 5.18. The minimum atomic E-state index is 0. The Morgan fingerprint density at radius 3 is 2.40 bits per heavy atom. The highest BCUT2D eigenvalue weighted by molar-refractivity contribution is 5.85. The first-order valence-electron chi connectivity index (χ1n) is 9.45. The first-order valence-corrected chi connectivity index (χ1v) is 9.45. The van der Waals surface area contributed by atoms with Gasteiger partial charge in [0.25, 0.3) is 0 Å². The number of carbonyl (C=O) groups excluding carboxylic acids is 1.